The molecule has 7 heteroatoms. The second-order valence-corrected chi connectivity index (χ2v) is 6.86. The predicted octanol–water partition coefficient (Wildman–Crippen LogP) is 1.96. The minimum absolute atomic E-state index is 0.671. The van der Waals surface area contributed by atoms with Crippen molar-refractivity contribution < 1.29 is 4.74 Å². The molecule has 4 rings (SSSR count). The van der Waals surface area contributed by atoms with Gasteiger partial charge < -0.3 is 9.30 Å². The summed E-state index contributed by atoms with van der Waals surface area (Å²) in [5.74, 6) is 1.05. The molecule has 1 aliphatic rings. The number of hydrogen-bond acceptors (Lipinski definition) is 5. The van der Waals surface area contributed by atoms with Gasteiger partial charge in [0.05, 0.1) is 38.2 Å². The topological polar surface area (TPSA) is 61.0 Å². The lowest BCUT2D eigenvalue weighted by Gasteiger charge is -2.26. The predicted molar refractivity (Wildman–Crippen MR) is 98.3 cm³/mol. The van der Waals surface area contributed by atoms with Gasteiger partial charge in [-0.15, -0.1) is 5.10 Å². The number of morpholine rings is 1. The fraction of sp³-hybridized carbons (Fsp3) is 0.421. The normalized spacial score (nSPS) is 15.5. The van der Waals surface area contributed by atoms with E-state index in [1.165, 1.54) is 11.1 Å². The molecule has 0 atom stereocenters. The van der Waals surface area contributed by atoms with Gasteiger partial charge in [0, 0.05) is 25.5 Å². The summed E-state index contributed by atoms with van der Waals surface area (Å²) >= 11 is 0. The minimum Gasteiger partial charge on any atom is -0.379 e. The van der Waals surface area contributed by atoms with Gasteiger partial charge in [-0.25, -0.2) is 9.67 Å². The molecular weight excluding hydrogens is 328 g/mol. The van der Waals surface area contributed by atoms with Crippen molar-refractivity contribution in [1.29, 1.82) is 0 Å². The molecule has 1 fully saturated rings. The molecule has 3 aromatic rings. The highest BCUT2D eigenvalue weighted by molar-refractivity contribution is 5.38. The number of hydrogen-bond donors (Lipinski definition) is 0. The first kappa shape index (κ1) is 16.9. The van der Waals surface area contributed by atoms with E-state index in [1.807, 2.05) is 23.3 Å². The van der Waals surface area contributed by atoms with Crippen LogP contribution in [0.3, 0.4) is 0 Å². The Morgan fingerprint density at radius 2 is 1.81 bits per heavy atom. The van der Waals surface area contributed by atoms with Gasteiger partial charge >= 0.3 is 0 Å². The smallest absolute Gasteiger partial charge is 0.123 e. The number of nitrogens with zero attached hydrogens (tertiary/aromatic N) is 6. The molecule has 1 aromatic carbocycles. The van der Waals surface area contributed by atoms with E-state index in [9.17, 15) is 0 Å². The first-order chi connectivity index (χ1) is 12.7. The third-order valence-electron chi connectivity index (χ3n) is 4.61. The Kier molecular flexibility index (Phi) is 4.81. The van der Waals surface area contributed by atoms with Crippen molar-refractivity contribution >= 4 is 0 Å². The van der Waals surface area contributed by atoms with Gasteiger partial charge in [-0.2, -0.15) is 0 Å². The van der Waals surface area contributed by atoms with E-state index in [-0.39, 0.29) is 0 Å². The molecule has 0 aliphatic carbocycles. The minimum atomic E-state index is 0.671. The van der Waals surface area contributed by atoms with Gasteiger partial charge in [0.25, 0.3) is 0 Å². The zero-order valence-electron chi connectivity index (χ0n) is 15.3. The highest BCUT2D eigenvalue weighted by Crippen LogP contribution is 2.14. The van der Waals surface area contributed by atoms with E-state index in [4.69, 9.17) is 4.74 Å². The molecule has 0 radical (unpaired) electrons. The van der Waals surface area contributed by atoms with Crippen LogP contribution in [-0.2, 0) is 17.8 Å². The van der Waals surface area contributed by atoms with E-state index in [2.05, 4.69) is 56.8 Å². The summed E-state index contributed by atoms with van der Waals surface area (Å²) in [4.78, 5) is 6.89. The molecular formula is C19H24N6O. The second kappa shape index (κ2) is 7.39. The maximum Gasteiger partial charge on any atom is 0.123 e. The summed E-state index contributed by atoms with van der Waals surface area (Å²) in [5.41, 5.74) is 4.41. The van der Waals surface area contributed by atoms with Gasteiger partial charge in [-0.3, -0.25) is 4.90 Å². The van der Waals surface area contributed by atoms with Crippen molar-refractivity contribution in [2.24, 2.45) is 0 Å². The Labute approximate surface area is 153 Å². The van der Waals surface area contributed by atoms with Crippen LogP contribution in [-0.4, -0.2) is 55.7 Å². The number of benzene rings is 1. The van der Waals surface area contributed by atoms with E-state index < -0.39 is 0 Å². The molecule has 3 heterocycles. The van der Waals surface area contributed by atoms with Crippen LogP contribution in [0.25, 0.3) is 5.69 Å². The molecule has 2 aromatic heterocycles. The highest BCUT2D eigenvalue weighted by Gasteiger charge is 2.14. The fourth-order valence-electron chi connectivity index (χ4n) is 3.35. The molecule has 0 bridgehead atoms. The average Bonchev–Trinajstić information content (AvgIpc) is 3.25. The Morgan fingerprint density at radius 1 is 1.04 bits per heavy atom. The third kappa shape index (κ3) is 3.84. The summed E-state index contributed by atoms with van der Waals surface area (Å²) in [6.07, 6.45) is 5.85. The average molecular weight is 352 g/mol. The second-order valence-electron chi connectivity index (χ2n) is 6.86. The van der Waals surface area contributed by atoms with E-state index >= 15 is 0 Å². The Balaban J connectivity index is 1.48. The zero-order valence-corrected chi connectivity index (χ0v) is 15.3. The molecule has 1 saturated heterocycles. The maximum atomic E-state index is 5.42. The Hall–Kier alpha value is -2.51. The van der Waals surface area contributed by atoms with Gasteiger partial charge in [0.2, 0.25) is 0 Å². The molecule has 0 unspecified atom stereocenters. The number of rotatable bonds is 5. The molecule has 26 heavy (non-hydrogen) atoms. The number of aryl methyl sites for hydroxylation is 2. The lowest BCUT2D eigenvalue weighted by molar-refractivity contribution is 0.0326. The van der Waals surface area contributed by atoms with Crippen LogP contribution in [0.4, 0.5) is 0 Å². The van der Waals surface area contributed by atoms with Crippen LogP contribution in [0, 0.1) is 13.8 Å². The molecule has 1 aliphatic heterocycles. The first-order valence-corrected chi connectivity index (χ1v) is 8.97. The zero-order chi connectivity index (χ0) is 17.9. The van der Waals surface area contributed by atoms with Crippen molar-refractivity contribution in [3.8, 4) is 5.69 Å². The summed E-state index contributed by atoms with van der Waals surface area (Å²) in [7, 11) is 0. The third-order valence-corrected chi connectivity index (χ3v) is 4.61. The van der Waals surface area contributed by atoms with Crippen molar-refractivity contribution in [3.63, 3.8) is 0 Å². The number of ether oxygens (including phenoxy) is 1. The Morgan fingerprint density at radius 3 is 2.58 bits per heavy atom. The van der Waals surface area contributed by atoms with Crippen molar-refractivity contribution in [3.05, 3.63) is 59.4 Å². The Bertz CT molecular complexity index is 858. The largest absolute Gasteiger partial charge is 0.379 e. The molecule has 136 valence electrons. The number of aromatic nitrogens is 5. The van der Waals surface area contributed by atoms with Gasteiger partial charge in [0.15, 0.2) is 0 Å². The first-order valence-electron chi connectivity index (χ1n) is 8.97. The summed E-state index contributed by atoms with van der Waals surface area (Å²) in [6, 6.07) is 6.39. The van der Waals surface area contributed by atoms with Gasteiger partial charge in [0.1, 0.15) is 11.5 Å². The molecule has 0 saturated carbocycles. The summed E-state index contributed by atoms with van der Waals surface area (Å²) in [5, 5.41) is 8.65. The van der Waals surface area contributed by atoms with Crippen LogP contribution < -0.4 is 0 Å². The lowest BCUT2D eigenvalue weighted by Crippen LogP contribution is -2.36. The van der Waals surface area contributed by atoms with Crippen molar-refractivity contribution in [2.45, 2.75) is 26.9 Å². The number of imidazole rings is 1. The quantitative estimate of drug-likeness (QED) is 0.702. The fourth-order valence-corrected chi connectivity index (χ4v) is 3.35. The van der Waals surface area contributed by atoms with Gasteiger partial charge in [-0.1, -0.05) is 11.3 Å². The van der Waals surface area contributed by atoms with Crippen LogP contribution in [0.2, 0.25) is 0 Å². The van der Waals surface area contributed by atoms with E-state index in [0.717, 1.165) is 50.1 Å². The standard InChI is InChI=1S/C19H24N6O/c1-15-9-16(2)11-18(10-15)25-13-17(21-22-25)12-24-4-3-20-19(24)14-23-5-7-26-8-6-23/h3-4,9-11,13H,5-8,12,14H2,1-2H3. The lowest BCUT2D eigenvalue weighted by atomic mass is 10.1. The molecule has 0 spiro atoms. The highest BCUT2D eigenvalue weighted by atomic mass is 16.5. The van der Waals surface area contributed by atoms with Crippen LogP contribution >= 0.6 is 0 Å². The van der Waals surface area contributed by atoms with Gasteiger partial charge in [-0.05, 0) is 37.1 Å². The molecule has 0 amide bonds. The summed E-state index contributed by atoms with van der Waals surface area (Å²) in [6.45, 7) is 9.20. The van der Waals surface area contributed by atoms with Crippen LogP contribution in [0.15, 0.2) is 36.8 Å². The maximum absolute atomic E-state index is 5.42. The van der Waals surface area contributed by atoms with E-state index in [0.29, 0.717) is 6.54 Å². The summed E-state index contributed by atoms with van der Waals surface area (Å²) < 4.78 is 9.40. The van der Waals surface area contributed by atoms with Crippen LogP contribution in [0.5, 0.6) is 0 Å². The molecule has 0 N–H and O–H groups in total. The van der Waals surface area contributed by atoms with Crippen molar-refractivity contribution in [2.75, 3.05) is 26.3 Å². The van der Waals surface area contributed by atoms with Crippen molar-refractivity contribution in [1.82, 2.24) is 29.4 Å². The van der Waals surface area contributed by atoms with Crippen LogP contribution in [0.1, 0.15) is 22.6 Å². The monoisotopic (exact) mass is 352 g/mol. The molecule has 7 nitrogen and oxygen atoms in total. The SMILES string of the molecule is Cc1cc(C)cc(-n2cc(Cn3ccnc3CN3CCOCC3)nn2)c1. The van der Waals surface area contributed by atoms with E-state index in [1.54, 1.807) is 0 Å².